The second-order valence-corrected chi connectivity index (χ2v) is 6.58. The molecular formula is C20H24N4O. The number of benzene rings is 1. The molecule has 0 aliphatic carbocycles. The van der Waals surface area contributed by atoms with E-state index in [9.17, 15) is 4.79 Å². The molecule has 5 heteroatoms. The lowest BCUT2D eigenvalue weighted by Gasteiger charge is -2.22. The molecular weight excluding hydrogens is 312 g/mol. The maximum absolute atomic E-state index is 12.6. The Morgan fingerprint density at radius 2 is 2.08 bits per heavy atom. The summed E-state index contributed by atoms with van der Waals surface area (Å²) in [4.78, 5) is 25.7. The Morgan fingerprint density at radius 3 is 2.84 bits per heavy atom. The molecule has 1 aromatic heterocycles. The first-order valence-electron chi connectivity index (χ1n) is 8.64. The van der Waals surface area contributed by atoms with Gasteiger partial charge in [-0.15, -0.1) is 0 Å². The van der Waals surface area contributed by atoms with Crippen LogP contribution in [0.15, 0.2) is 48.7 Å². The fourth-order valence-corrected chi connectivity index (χ4v) is 3.11. The fraction of sp³-hybridized carbons (Fsp3) is 0.350. The van der Waals surface area contributed by atoms with Crippen LogP contribution in [0.1, 0.15) is 36.0 Å². The van der Waals surface area contributed by atoms with Crippen LogP contribution in [0, 0.1) is 0 Å². The highest BCUT2D eigenvalue weighted by atomic mass is 16.2. The number of aromatic nitrogens is 2. The van der Waals surface area contributed by atoms with Crippen LogP contribution in [0.3, 0.4) is 0 Å². The molecule has 5 nitrogen and oxygen atoms in total. The Balaban J connectivity index is 1.74. The van der Waals surface area contributed by atoms with E-state index in [-0.39, 0.29) is 11.9 Å². The van der Waals surface area contributed by atoms with Crippen LogP contribution in [-0.2, 0) is 11.3 Å². The van der Waals surface area contributed by atoms with Crippen LogP contribution >= 0.6 is 0 Å². The Hall–Kier alpha value is -2.53. The molecule has 0 saturated carbocycles. The molecule has 1 aliphatic rings. The van der Waals surface area contributed by atoms with Gasteiger partial charge in [0.15, 0.2) is 5.82 Å². The number of hydrogen-bond donors (Lipinski definition) is 0. The normalized spacial score (nSPS) is 17.6. The van der Waals surface area contributed by atoms with Crippen molar-refractivity contribution < 1.29 is 4.79 Å². The monoisotopic (exact) mass is 336 g/mol. The molecule has 1 amide bonds. The largest absolute Gasteiger partial charge is 0.329 e. The van der Waals surface area contributed by atoms with E-state index < -0.39 is 0 Å². The summed E-state index contributed by atoms with van der Waals surface area (Å²) in [7, 11) is 4.03. The second kappa shape index (κ2) is 8.03. The molecule has 0 N–H and O–H groups in total. The molecule has 1 aromatic carbocycles. The predicted octanol–water partition coefficient (Wildman–Crippen LogP) is 2.92. The zero-order valence-electron chi connectivity index (χ0n) is 14.8. The predicted molar refractivity (Wildman–Crippen MR) is 98.6 cm³/mol. The number of amides is 1. The van der Waals surface area contributed by atoms with Crippen LogP contribution in [0.4, 0.5) is 0 Å². The molecule has 3 rings (SSSR count). The lowest BCUT2D eigenvalue weighted by molar-refractivity contribution is -0.127. The summed E-state index contributed by atoms with van der Waals surface area (Å²) in [5, 5.41) is 0. The number of carbonyl (C=O) groups is 1. The lowest BCUT2D eigenvalue weighted by Crippen LogP contribution is -2.30. The van der Waals surface area contributed by atoms with Gasteiger partial charge in [0.2, 0.25) is 5.91 Å². The van der Waals surface area contributed by atoms with Crippen LogP contribution in [0.2, 0.25) is 0 Å². The molecule has 1 saturated heterocycles. The zero-order valence-corrected chi connectivity index (χ0v) is 14.8. The molecule has 1 fully saturated rings. The summed E-state index contributed by atoms with van der Waals surface area (Å²) < 4.78 is 0. The van der Waals surface area contributed by atoms with Crippen LogP contribution in [0.5, 0.6) is 0 Å². The fourth-order valence-electron chi connectivity index (χ4n) is 3.11. The number of hydrogen-bond acceptors (Lipinski definition) is 4. The minimum atomic E-state index is -0.0324. The van der Waals surface area contributed by atoms with Gasteiger partial charge in [-0.1, -0.05) is 30.3 Å². The molecule has 0 bridgehead atoms. The van der Waals surface area contributed by atoms with Gasteiger partial charge in [0.25, 0.3) is 0 Å². The van der Waals surface area contributed by atoms with Crippen LogP contribution < -0.4 is 0 Å². The third-order valence-corrected chi connectivity index (χ3v) is 4.26. The van der Waals surface area contributed by atoms with E-state index in [2.05, 4.69) is 14.9 Å². The van der Waals surface area contributed by atoms with Crippen molar-refractivity contribution in [2.45, 2.75) is 25.4 Å². The van der Waals surface area contributed by atoms with E-state index in [1.807, 2.05) is 61.5 Å². The molecule has 2 aromatic rings. The Bertz CT molecular complexity index is 742. The molecule has 0 spiro atoms. The van der Waals surface area contributed by atoms with E-state index in [1.165, 1.54) is 0 Å². The van der Waals surface area contributed by atoms with Crippen molar-refractivity contribution >= 4 is 12.0 Å². The van der Waals surface area contributed by atoms with Crippen molar-refractivity contribution in [3.8, 4) is 0 Å². The zero-order chi connectivity index (χ0) is 17.6. The summed E-state index contributed by atoms with van der Waals surface area (Å²) in [5.74, 6) is 0.770. The summed E-state index contributed by atoms with van der Waals surface area (Å²) in [6, 6.07) is 11.8. The molecule has 1 atom stereocenters. The Kier molecular flexibility index (Phi) is 5.56. The van der Waals surface area contributed by atoms with E-state index in [4.69, 9.17) is 0 Å². The van der Waals surface area contributed by atoms with Gasteiger partial charge in [-0.05, 0) is 44.6 Å². The first-order chi connectivity index (χ1) is 12.1. The standard InChI is InChI=1S/C20H24N4O/c1-23(2)15-17-12-13-21-20(22-17)18-9-6-14-24(18)19(25)11-10-16-7-4-3-5-8-16/h3-5,7-8,10-13,18H,6,9,14-15H2,1-2H3/b11-10+/t18-/m0/s1. The minimum absolute atomic E-state index is 0.0213. The number of carbonyl (C=O) groups excluding carboxylic acids is 1. The van der Waals surface area contributed by atoms with Crippen LogP contribution in [0.25, 0.3) is 6.08 Å². The minimum Gasteiger partial charge on any atom is -0.329 e. The van der Waals surface area contributed by atoms with Gasteiger partial charge >= 0.3 is 0 Å². The van der Waals surface area contributed by atoms with Crippen molar-refractivity contribution in [1.82, 2.24) is 19.8 Å². The molecule has 0 radical (unpaired) electrons. The molecule has 25 heavy (non-hydrogen) atoms. The average Bonchev–Trinajstić information content (AvgIpc) is 3.10. The summed E-state index contributed by atoms with van der Waals surface area (Å²) in [6.45, 7) is 1.52. The molecule has 130 valence electrons. The van der Waals surface area contributed by atoms with E-state index in [0.717, 1.165) is 43.0 Å². The topological polar surface area (TPSA) is 49.3 Å². The van der Waals surface area contributed by atoms with Crippen molar-refractivity contribution in [3.63, 3.8) is 0 Å². The van der Waals surface area contributed by atoms with Gasteiger partial charge in [-0.3, -0.25) is 4.79 Å². The van der Waals surface area contributed by atoms with Crippen molar-refractivity contribution in [2.75, 3.05) is 20.6 Å². The van der Waals surface area contributed by atoms with Gasteiger partial charge in [-0.2, -0.15) is 0 Å². The van der Waals surface area contributed by atoms with E-state index in [0.29, 0.717) is 0 Å². The summed E-state index contributed by atoms with van der Waals surface area (Å²) in [6.07, 6.45) is 7.20. The van der Waals surface area contributed by atoms with Crippen molar-refractivity contribution in [1.29, 1.82) is 0 Å². The SMILES string of the molecule is CN(C)Cc1ccnc([C@@H]2CCCN2C(=O)/C=C/c2ccccc2)n1. The highest BCUT2D eigenvalue weighted by Crippen LogP contribution is 2.30. The second-order valence-electron chi connectivity index (χ2n) is 6.58. The smallest absolute Gasteiger partial charge is 0.247 e. The number of nitrogens with zero attached hydrogens (tertiary/aromatic N) is 4. The average molecular weight is 336 g/mol. The summed E-state index contributed by atoms with van der Waals surface area (Å²) in [5.41, 5.74) is 2.00. The van der Waals surface area contributed by atoms with Gasteiger partial charge in [-0.25, -0.2) is 9.97 Å². The third kappa shape index (κ3) is 4.51. The van der Waals surface area contributed by atoms with Crippen molar-refractivity contribution in [2.24, 2.45) is 0 Å². The lowest BCUT2D eigenvalue weighted by atomic mass is 10.2. The molecule has 0 unspecified atom stereocenters. The highest BCUT2D eigenvalue weighted by Gasteiger charge is 2.30. The third-order valence-electron chi connectivity index (χ3n) is 4.26. The summed E-state index contributed by atoms with van der Waals surface area (Å²) >= 11 is 0. The maximum atomic E-state index is 12.6. The quantitative estimate of drug-likeness (QED) is 0.788. The molecule has 2 heterocycles. The van der Waals surface area contributed by atoms with Gasteiger partial charge in [0.05, 0.1) is 11.7 Å². The van der Waals surface area contributed by atoms with Crippen LogP contribution in [-0.4, -0.2) is 46.3 Å². The van der Waals surface area contributed by atoms with Gasteiger partial charge in [0.1, 0.15) is 0 Å². The van der Waals surface area contributed by atoms with Gasteiger partial charge < -0.3 is 9.80 Å². The first-order valence-corrected chi connectivity index (χ1v) is 8.64. The van der Waals surface area contributed by atoms with Gasteiger partial charge in [0, 0.05) is 25.4 Å². The van der Waals surface area contributed by atoms with E-state index in [1.54, 1.807) is 12.3 Å². The highest BCUT2D eigenvalue weighted by molar-refractivity contribution is 5.92. The Morgan fingerprint density at radius 1 is 1.28 bits per heavy atom. The maximum Gasteiger partial charge on any atom is 0.247 e. The molecule has 1 aliphatic heterocycles. The number of rotatable bonds is 5. The first kappa shape index (κ1) is 17.3. The van der Waals surface area contributed by atoms with Crippen molar-refractivity contribution in [3.05, 3.63) is 65.8 Å². The Labute approximate surface area is 149 Å². The number of likely N-dealkylation sites (tertiary alicyclic amines) is 1. The van der Waals surface area contributed by atoms with E-state index >= 15 is 0 Å².